The Labute approximate surface area is 124 Å². The average molecular weight is 272 g/mol. The molecule has 2 N–H and O–H groups in total. The summed E-state index contributed by atoms with van der Waals surface area (Å²) in [5.41, 5.74) is 5.29. The zero-order valence-electron chi connectivity index (χ0n) is 13.3. The number of benzene rings is 1. The van der Waals surface area contributed by atoms with Gasteiger partial charge in [-0.3, -0.25) is 0 Å². The summed E-state index contributed by atoms with van der Waals surface area (Å²) in [6, 6.07) is 6.68. The van der Waals surface area contributed by atoms with E-state index in [9.17, 15) is 0 Å². The zero-order valence-corrected chi connectivity index (χ0v) is 13.3. The van der Waals surface area contributed by atoms with Crippen molar-refractivity contribution in [2.75, 3.05) is 20.1 Å². The number of rotatable bonds is 8. The highest BCUT2D eigenvalue weighted by Gasteiger charge is 1.97. The molecule has 0 unspecified atom stereocenters. The van der Waals surface area contributed by atoms with Crippen molar-refractivity contribution < 1.29 is 0 Å². The molecule has 110 valence electrons. The topological polar surface area (TPSA) is 24.1 Å². The zero-order chi connectivity index (χ0) is 14.8. The molecular weight excluding hydrogens is 244 g/mol. The van der Waals surface area contributed by atoms with Gasteiger partial charge in [0, 0.05) is 6.54 Å². The molecule has 0 bridgehead atoms. The molecule has 1 aromatic rings. The van der Waals surface area contributed by atoms with Crippen LogP contribution in [0.15, 0.2) is 35.9 Å². The van der Waals surface area contributed by atoms with Crippen molar-refractivity contribution in [1.29, 1.82) is 0 Å². The minimum atomic E-state index is 0.938. The Balaban J connectivity index is 2.57. The number of hydrogen-bond acceptors (Lipinski definition) is 2. The van der Waals surface area contributed by atoms with Crippen LogP contribution in [0.25, 0.3) is 6.08 Å². The number of aryl methyl sites for hydroxylation is 1. The second-order valence-electron chi connectivity index (χ2n) is 5.43. The van der Waals surface area contributed by atoms with Crippen molar-refractivity contribution in [3.8, 4) is 0 Å². The minimum absolute atomic E-state index is 0.938. The molecule has 2 nitrogen and oxygen atoms in total. The van der Waals surface area contributed by atoms with Crippen LogP contribution >= 0.6 is 0 Å². The molecule has 0 aliphatic heterocycles. The SMILES string of the molecule is CNCCCNCc1ccc(C)c(/C=C/C=C(C)C)c1. The van der Waals surface area contributed by atoms with Crippen LogP contribution in [0.4, 0.5) is 0 Å². The Bertz CT molecular complexity index is 454. The maximum absolute atomic E-state index is 3.48. The summed E-state index contributed by atoms with van der Waals surface area (Å²) in [6.07, 6.45) is 7.62. The van der Waals surface area contributed by atoms with Crippen molar-refractivity contribution in [2.45, 2.75) is 33.7 Å². The van der Waals surface area contributed by atoms with Crippen LogP contribution in [0.1, 0.15) is 37.0 Å². The van der Waals surface area contributed by atoms with Gasteiger partial charge in [0.1, 0.15) is 0 Å². The first kappa shape index (κ1) is 16.7. The van der Waals surface area contributed by atoms with Gasteiger partial charge >= 0.3 is 0 Å². The van der Waals surface area contributed by atoms with Gasteiger partial charge in [0.15, 0.2) is 0 Å². The lowest BCUT2D eigenvalue weighted by Gasteiger charge is -2.07. The summed E-state index contributed by atoms with van der Waals surface area (Å²) >= 11 is 0. The lowest BCUT2D eigenvalue weighted by Crippen LogP contribution is -2.19. The van der Waals surface area contributed by atoms with E-state index >= 15 is 0 Å². The van der Waals surface area contributed by atoms with Gasteiger partial charge in [0.05, 0.1) is 0 Å². The predicted octanol–water partition coefficient (Wildman–Crippen LogP) is 3.67. The lowest BCUT2D eigenvalue weighted by molar-refractivity contribution is 0.625. The maximum atomic E-state index is 3.48. The van der Waals surface area contributed by atoms with E-state index < -0.39 is 0 Å². The van der Waals surface area contributed by atoms with E-state index in [2.05, 4.69) is 67.8 Å². The fourth-order valence-electron chi connectivity index (χ4n) is 1.95. The van der Waals surface area contributed by atoms with Gasteiger partial charge in [0.2, 0.25) is 0 Å². The molecule has 1 aromatic carbocycles. The minimum Gasteiger partial charge on any atom is -0.320 e. The van der Waals surface area contributed by atoms with Crippen molar-refractivity contribution >= 4 is 6.08 Å². The van der Waals surface area contributed by atoms with Gasteiger partial charge in [-0.15, -0.1) is 0 Å². The van der Waals surface area contributed by atoms with Crippen LogP contribution in [0, 0.1) is 6.92 Å². The van der Waals surface area contributed by atoms with E-state index in [1.807, 2.05) is 7.05 Å². The highest BCUT2D eigenvalue weighted by atomic mass is 14.9. The summed E-state index contributed by atoms with van der Waals surface area (Å²) in [7, 11) is 1.99. The average Bonchev–Trinajstić information content (AvgIpc) is 2.41. The molecule has 0 atom stereocenters. The molecular formula is C18H28N2. The summed E-state index contributed by atoms with van der Waals surface area (Å²) in [6.45, 7) is 9.44. The first-order chi connectivity index (χ1) is 9.63. The van der Waals surface area contributed by atoms with Crippen LogP contribution in [0.2, 0.25) is 0 Å². The quantitative estimate of drug-likeness (QED) is 0.557. The molecule has 0 aromatic heterocycles. The molecule has 20 heavy (non-hydrogen) atoms. The summed E-state index contributed by atoms with van der Waals surface area (Å²) in [5.74, 6) is 0. The van der Waals surface area contributed by atoms with Crippen molar-refractivity contribution in [2.24, 2.45) is 0 Å². The summed E-state index contributed by atoms with van der Waals surface area (Å²) in [5, 5.41) is 6.64. The molecule has 0 radical (unpaired) electrons. The predicted molar refractivity (Wildman–Crippen MR) is 89.9 cm³/mol. The molecule has 0 amide bonds. The Kier molecular flexibility index (Phi) is 7.93. The van der Waals surface area contributed by atoms with Crippen molar-refractivity contribution in [3.63, 3.8) is 0 Å². The Hall–Kier alpha value is -1.38. The van der Waals surface area contributed by atoms with Gasteiger partial charge in [0.25, 0.3) is 0 Å². The number of allylic oxidation sites excluding steroid dienone is 3. The number of hydrogen-bond donors (Lipinski definition) is 2. The van der Waals surface area contributed by atoms with E-state index in [0.29, 0.717) is 0 Å². The standard InChI is InChI=1S/C18H28N2/c1-15(2)7-5-8-18-13-17(10-9-16(18)3)14-20-12-6-11-19-4/h5,7-10,13,19-20H,6,11-12,14H2,1-4H3/b8-5+. The van der Waals surface area contributed by atoms with E-state index in [0.717, 1.165) is 26.1 Å². The second-order valence-corrected chi connectivity index (χ2v) is 5.43. The van der Waals surface area contributed by atoms with Gasteiger partial charge in [-0.2, -0.15) is 0 Å². The summed E-state index contributed by atoms with van der Waals surface area (Å²) < 4.78 is 0. The second kappa shape index (κ2) is 9.51. The monoisotopic (exact) mass is 272 g/mol. The highest BCUT2D eigenvalue weighted by molar-refractivity contribution is 5.56. The normalized spacial score (nSPS) is 11.0. The largest absolute Gasteiger partial charge is 0.320 e. The third-order valence-corrected chi connectivity index (χ3v) is 3.16. The first-order valence-corrected chi connectivity index (χ1v) is 7.40. The Morgan fingerprint density at radius 1 is 1.20 bits per heavy atom. The van der Waals surface area contributed by atoms with Crippen LogP contribution < -0.4 is 10.6 Å². The number of nitrogens with one attached hydrogen (secondary N) is 2. The fraction of sp³-hybridized carbons (Fsp3) is 0.444. The first-order valence-electron chi connectivity index (χ1n) is 7.40. The van der Waals surface area contributed by atoms with E-state index in [4.69, 9.17) is 0 Å². The molecule has 0 fully saturated rings. The maximum Gasteiger partial charge on any atom is 0.0205 e. The van der Waals surface area contributed by atoms with Crippen molar-refractivity contribution in [3.05, 3.63) is 52.6 Å². The third kappa shape index (κ3) is 6.69. The summed E-state index contributed by atoms with van der Waals surface area (Å²) in [4.78, 5) is 0. The van der Waals surface area contributed by atoms with Gasteiger partial charge in [-0.1, -0.05) is 42.0 Å². The fourth-order valence-corrected chi connectivity index (χ4v) is 1.95. The molecule has 0 aliphatic carbocycles. The van der Waals surface area contributed by atoms with Gasteiger partial charge in [-0.05, 0) is 64.0 Å². The van der Waals surface area contributed by atoms with Gasteiger partial charge < -0.3 is 10.6 Å². The Morgan fingerprint density at radius 3 is 2.70 bits per heavy atom. The van der Waals surface area contributed by atoms with E-state index in [1.54, 1.807) is 0 Å². The van der Waals surface area contributed by atoms with Crippen LogP contribution in [0.3, 0.4) is 0 Å². The van der Waals surface area contributed by atoms with Crippen LogP contribution in [-0.2, 0) is 6.54 Å². The molecule has 1 rings (SSSR count). The molecule has 0 spiro atoms. The van der Waals surface area contributed by atoms with Crippen LogP contribution in [0.5, 0.6) is 0 Å². The highest BCUT2D eigenvalue weighted by Crippen LogP contribution is 2.13. The van der Waals surface area contributed by atoms with Gasteiger partial charge in [-0.25, -0.2) is 0 Å². The molecule has 2 heteroatoms. The van der Waals surface area contributed by atoms with E-state index in [-0.39, 0.29) is 0 Å². The Morgan fingerprint density at radius 2 is 2.00 bits per heavy atom. The van der Waals surface area contributed by atoms with Crippen LogP contribution in [-0.4, -0.2) is 20.1 Å². The molecule has 0 saturated carbocycles. The molecule has 0 saturated heterocycles. The molecule has 0 heterocycles. The molecule has 0 aliphatic rings. The van der Waals surface area contributed by atoms with Crippen molar-refractivity contribution in [1.82, 2.24) is 10.6 Å². The van der Waals surface area contributed by atoms with E-state index in [1.165, 1.54) is 22.3 Å². The third-order valence-electron chi connectivity index (χ3n) is 3.16. The smallest absolute Gasteiger partial charge is 0.0205 e. The lowest BCUT2D eigenvalue weighted by atomic mass is 10.0.